The highest BCUT2D eigenvalue weighted by Crippen LogP contribution is 2.55. The van der Waals surface area contributed by atoms with Crippen molar-refractivity contribution >= 4 is 29.0 Å². The van der Waals surface area contributed by atoms with E-state index in [-0.39, 0.29) is 11.5 Å². The highest BCUT2D eigenvalue weighted by molar-refractivity contribution is 7.99. The van der Waals surface area contributed by atoms with E-state index in [2.05, 4.69) is 22.0 Å². The molecule has 5 rings (SSSR count). The largest absolute Gasteiger partial charge is 0.370 e. The van der Waals surface area contributed by atoms with E-state index in [1.54, 1.807) is 11.3 Å². The van der Waals surface area contributed by atoms with Gasteiger partial charge in [-0.05, 0) is 48.6 Å². The number of hydrogen-bond acceptors (Lipinski definition) is 5. The number of amides is 1. The Morgan fingerprint density at radius 3 is 3.04 bits per heavy atom. The van der Waals surface area contributed by atoms with E-state index in [0.29, 0.717) is 17.9 Å². The monoisotopic (exact) mass is 378 g/mol. The fourth-order valence-corrected chi connectivity index (χ4v) is 7.25. The number of thiophene rings is 1. The second-order valence-electron chi connectivity index (χ2n) is 8.03. The summed E-state index contributed by atoms with van der Waals surface area (Å²) in [6, 6.07) is 2.65. The number of carbonyl (C=O) groups excluding carboxylic acids is 1. The van der Waals surface area contributed by atoms with Crippen LogP contribution in [0.3, 0.4) is 0 Å². The second-order valence-corrected chi connectivity index (χ2v) is 10.0. The lowest BCUT2D eigenvalue weighted by Crippen LogP contribution is -2.41. The molecule has 4 fully saturated rings. The van der Waals surface area contributed by atoms with Crippen LogP contribution in [0.25, 0.3) is 0 Å². The van der Waals surface area contributed by atoms with Crippen molar-refractivity contribution in [3.05, 3.63) is 22.4 Å². The second kappa shape index (κ2) is 6.55. The van der Waals surface area contributed by atoms with Gasteiger partial charge in [-0.3, -0.25) is 9.69 Å². The van der Waals surface area contributed by atoms with Crippen LogP contribution in [-0.2, 0) is 4.74 Å². The molecule has 2 bridgehead atoms. The minimum absolute atomic E-state index is 0.0669. The van der Waals surface area contributed by atoms with Crippen LogP contribution in [0.1, 0.15) is 36.0 Å². The summed E-state index contributed by atoms with van der Waals surface area (Å²) in [4.78, 5) is 15.0. The smallest absolute Gasteiger partial charge is 0.252 e. The van der Waals surface area contributed by atoms with Crippen LogP contribution in [0.5, 0.6) is 0 Å². The van der Waals surface area contributed by atoms with Gasteiger partial charge in [-0.1, -0.05) is 0 Å². The molecule has 0 unspecified atom stereocenters. The van der Waals surface area contributed by atoms with Gasteiger partial charge in [-0.15, -0.1) is 0 Å². The molecule has 4 aliphatic heterocycles. The first-order valence-electron chi connectivity index (χ1n) is 9.55. The molecule has 1 aromatic rings. The van der Waals surface area contributed by atoms with Gasteiger partial charge in [0.15, 0.2) is 0 Å². The number of thioether (sulfide) groups is 1. The molecule has 0 aliphatic carbocycles. The number of hydrogen-bond donors (Lipinski definition) is 1. The minimum atomic E-state index is 0.0669. The lowest BCUT2D eigenvalue weighted by atomic mass is 9.73. The van der Waals surface area contributed by atoms with Gasteiger partial charge in [0.1, 0.15) is 0 Å². The Morgan fingerprint density at radius 1 is 1.36 bits per heavy atom. The van der Waals surface area contributed by atoms with Crippen molar-refractivity contribution in [2.45, 2.75) is 43.4 Å². The highest BCUT2D eigenvalue weighted by Gasteiger charge is 2.63. The van der Waals surface area contributed by atoms with Crippen LogP contribution < -0.4 is 5.32 Å². The van der Waals surface area contributed by atoms with Crippen LogP contribution in [0.2, 0.25) is 0 Å². The maximum atomic E-state index is 12.3. The first-order valence-corrected chi connectivity index (χ1v) is 11.6. The average Bonchev–Trinajstić information content (AvgIpc) is 3.40. The van der Waals surface area contributed by atoms with Crippen molar-refractivity contribution in [1.82, 2.24) is 10.2 Å². The molecule has 4 saturated heterocycles. The number of ether oxygens (including phenoxy) is 1. The average molecular weight is 379 g/mol. The van der Waals surface area contributed by atoms with Crippen molar-refractivity contribution < 1.29 is 9.53 Å². The fourth-order valence-electron chi connectivity index (χ4n) is 5.53. The third-order valence-electron chi connectivity index (χ3n) is 6.80. The van der Waals surface area contributed by atoms with E-state index in [9.17, 15) is 4.79 Å². The molecule has 0 aromatic carbocycles. The van der Waals surface area contributed by atoms with Crippen LogP contribution in [0, 0.1) is 11.8 Å². The van der Waals surface area contributed by atoms with E-state index < -0.39 is 0 Å². The molecular formula is C19H26N2O2S2. The zero-order chi connectivity index (χ0) is 16.9. The number of fused-ring (bicyclic) bond motifs is 1. The van der Waals surface area contributed by atoms with Crippen LogP contribution >= 0.6 is 23.1 Å². The molecule has 4 nitrogen and oxygen atoms in total. The number of nitrogens with one attached hydrogen (secondary N) is 1. The maximum Gasteiger partial charge on any atom is 0.252 e. The summed E-state index contributed by atoms with van der Waals surface area (Å²) in [7, 11) is 0. The Hall–Kier alpha value is -0.560. The zero-order valence-corrected chi connectivity index (χ0v) is 16.1. The Bertz CT molecular complexity index is 631. The molecule has 5 heterocycles. The SMILES string of the molecule is O=C(NC[C@H]1[C@H]2CN(C3CCSCC3)C[C@]23CC[C@H]1O3)c1ccsc1. The number of rotatable bonds is 4. The van der Waals surface area contributed by atoms with Gasteiger partial charge >= 0.3 is 0 Å². The molecule has 1 spiro atoms. The normalized spacial score (nSPS) is 38.2. The third kappa shape index (κ3) is 2.85. The first kappa shape index (κ1) is 16.6. The van der Waals surface area contributed by atoms with E-state index in [1.165, 1.54) is 43.7 Å². The molecule has 136 valence electrons. The number of carbonyl (C=O) groups is 1. The Morgan fingerprint density at radius 2 is 2.24 bits per heavy atom. The van der Waals surface area contributed by atoms with Gasteiger partial charge in [0.05, 0.1) is 11.7 Å². The molecule has 4 aliphatic rings. The molecule has 4 atom stereocenters. The standard InChI is InChI=1S/C19H26N2O2S2/c22-18(13-2-6-25-11-13)20-9-15-16-10-21(14-3-7-24-8-4-14)12-19(16)5-1-17(15)23-19/h2,6,11,14-17H,1,3-5,7-10,12H2,(H,20,22)/t15-,16+,17+,19+/m0/s1. The molecular weight excluding hydrogens is 352 g/mol. The van der Waals surface area contributed by atoms with Gasteiger partial charge in [0, 0.05) is 48.5 Å². The summed E-state index contributed by atoms with van der Waals surface area (Å²) >= 11 is 3.67. The quantitative estimate of drug-likeness (QED) is 0.875. The fraction of sp³-hybridized carbons (Fsp3) is 0.737. The van der Waals surface area contributed by atoms with Gasteiger partial charge in [-0.25, -0.2) is 0 Å². The summed E-state index contributed by atoms with van der Waals surface area (Å²) in [6.45, 7) is 3.06. The van der Waals surface area contributed by atoms with Crippen LogP contribution in [0.4, 0.5) is 0 Å². The van der Waals surface area contributed by atoms with Gasteiger partial charge < -0.3 is 10.1 Å². The summed E-state index contributed by atoms with van der Waals surface area (Å²) < 4.78 is 6.54. The van der Waals surface area contributed by atoms with Crippen molar-refractivity contribution in [2.24, 2.45) is 11.8 Å². The summed E-state index contributed by atoms with van der Waals surface area (Å²) in [5, 5.41) is 7.06. The summed E-state index contributed by atoms with van der Waals surface area (Å²) in [5.74, 6) is 3.77. The van der Waals surface area contributed by atoms with Crippen LogP contribution in [0.15, 0.2) is 16.8 Å². The summed E-state index contributed by atoms with van der Waals surface area (Å²) in [6.07, 6.45) is 5.41. The number of nitrogens with zero attached hydrogens (tertiary/aromatic N) is 1. The van der Waals surface area contributed by atoms with Crippen LogP contribution in [-0.4, -0.2) is 59.7 Å². The molecule has 25 heavy (non-hydrogen) atoms. The van der Waals surface area contributed by atoms with Gasteiger partial charge in [0.25, 0.3) is 5.91 Å². The third-order valence-corrected chi connectivity index (χ3v) is 8.53. The predicted molar refractivity (Wildman–Crippen MR) is 102 cm³/mol. The van der Waals surface area contributed by atoms with Crippen molar-refractivity contribution in [3.63, 3.8) is 0 Å². The minimum Gasteiger partial charge on any atom is -0.370 e. The van der Waals surface area contributed by atoms with E-state index >= 15 is 0 Å². The van der Waals surface area contributed by atoms with Gasteiger partial charge in [-0.2, -0.15) is 23.1 Å². The summed E-state index contributed by atoms with van der Waals surface area (Å²) in [5.41, 5.74) is 0.879. The van der Waals surface area contributed by atoms with Crippen molar-refractivity contribution in [1.29, 1.82) is 0 Å². The molecule has 1 aromatic heterocycles. The number of likely N-dealkylation sites (tertiary alicyclic amines) is 1. The van der Waals surface area contributed by atoms with E-state index in [0.717, 1.165) is 24.7 Å². The molecule has 6 heteroatoms. The molecule has 1 N–H and O–H groups in total. The molecule has 1 amide bonds. The van der Waals surface area contributed by atoms with E-state index in [1.807, 2.05) is 16.8 Å². The Kier molecular flexibility index (Phi) is 4.35. The highest BCUT2D eigenvalue weighted by atomic mass is 32.2. The zero-order valence-electron chi connectivity index (χ0n) is 14.5. The van der Waals surface area contributed by atoms with Crippen molar-refractivity contribution in [2.75, 3.05) is 31.1 Å². The predicted octanol–water partition coefficient (Wildman–Crippen LogP) is 2.85. The first-order chi connectivity index (χ1) is 12.3. The molecule has 0 saturated carbocycles. The topological polar surface area (TPSA) is 41.6 Å². The lowest BCUT2D eigenvalue weighted by molar-refractivity contribution is -0.00150. The van der Waals surface area contributed by atoms with Crippen molar-refractivity contribution in [3.8, 4) is 0 Å². The van der Waals surface area contributed by atoms with Gasteiger partial charge in [0.2, 0.25) is 0 Å². The Labute approximate surface area is 157 Å². The lowest BCUT2D eigenvalue weighted by Gasteiger charge is -2.32. The maximum absolute atomic E-state index is 12.3. The Balaban J connectivity index is 1.26. The van der Waals surface area contributed by atoms with E-state index in [4.69, 9.17) is 4.74 Å². The molecule has 0 radical (unpaired) electrons.